The molecule has 1 aliphatic heterocycles. The van der Waals surface area contributed by atoms with E-state index in [-0.39, 0.29) is 5.91 Å². The van der Waals surface area contributed by atoms with E-state index in [1.807, 2.05) is 36.4 Å². The van der Waals surface area contributed by atoms with Crippen molar-refractivity contribution in [2.45, 2.75) is 13.0 Å². The molecule has 2 aromatic carbocycles. The SMILES string of the molecule is O=C(NO)c1ccc2c(c1)CN(C(=O)/C=C/c1ccccc1)CC2. The van der Waals surface area contributed by atoms with Gasteiger partial charge in [-0.1, -0.05) is 36.4 Å². The quantitative estimate of drug-likeness (QED) is 0.518. The van der Waals surface area contributed by atoms with Crippen LogP contribution in [0.1, 0.15) is 27.0 Å². The van der Waals surface area contributed by atoms with Crippen LogP contribution in [0.3, 0.4) is 0 Å². The first-order chi connectivity index (χ1) is 11.7. The van der Waals surface area contributed by atoms with Gasteiger partial charge in [-0.15, -0.1) is 0 Å². The molecule has 2 N–H and O–H groups in total. The summed E-state index contributed by atoms with van der Waals surface area (Å²) in [5, 5.41) is 8.74. The van der Waals surface area contributed by atoms with Gasteiger partial charge in [0.15, 0.2) is 0 Å². The van der Waals surface area contributed by atoms with Gasteiger partial charge in [-0.2, -0.15) is 0 Å². The van der Waals surface area contributed by atoms with Gasteiger partial charge in [-0.25, -0.2) is 5.48 Å². The lowest BCUT2D eigenvalue weighted by atomic mass is 9.97. The first-order valence-electron chi connectivity index (χ1n) is 7.75. The van der Waals surface area contributed by atoms with E-state index in [4.69, 9.17) is 5.21 Å². The number of hydrogen-bond acceptors (Lipinski definition) is 3. The molecule has 24 heavy (non-hydrogen) atoms. The normalized spacial score (nSPS) is 13.6. The third-order valence-electron chi connectivity index (χ3n) is 4.11. The molecule has 0 atom stereocenters. The van der Waals surface area contributed by atoms with Crippen LogP contribution < -0.4 is 5.48 Å². The number of carbonyl (C=O) groups is 2. The predicted octanol–water partition coefficient (Wildman–Crippen LogP) is 2.40. The summed E-state index contributed by atoms with van der Waals surface area (Å²) in [6.45, 7) is 1.11. The van der Waals surface area contributed by atoms with E-state index in [0.717, 1.165) is 23.1 Å². The zero-order valence-corrected chi connectivity index (χ0v) is 13.1. The van der Waals surface area contributed by atoms with E-state index in [9.17, 15) is 9.59 Å². The van der Waals surface area contributed by atoms with Crippen LogP contribution in [0, 0.1) is 0 Å². The second-order valence-electron chi connectivity index (χ2n) is 5.68. The van der Waals surface area contributed by atoms with Crippen molar-refractivity contribution in [1.29, 1.82) is 0 Å². The average molecular weight is 322 g/mol. The molecule has 0 aliphatic carbocycles. The number of rotatable bonds is 3. The van der Waals surface area contributed by atoms with Crippen molar-refractivity contribution >= 4 is 17.9 Å². The van der Waals surface area contributed by atoms with E-state index in [2.05, 4.69) is 0 Å². The molecule has 0 radical (unpaired) electrons. The number of hydroxylamine groups is 1. The molecule has 0 bridgehead atoms. The van der Waals surface area contributed by atoms with Crippen LogP contribution in [0.15, 0.2) is 54.6 Å². The Morgan fingerprint density at radius 1 is 1.08 bits per heavy atom. The average Bonchev–Trinajstić information content (AvgIpc) is 2.65. The first kappa shape index (κ1) is 16.0. The number of carbonyl (C=O) groups excluding carboxylic acids is 2. The maximum atomic E-state index is 12.4. The van der Waals surface area contributed by atoms with Gasteiger partial charge in [0.25, 0.3) is 5.91 Å². The molecule has 0 fully saturated rings. The highest BCUT2D eigenvalue weighted by Crippen LogP contribution is 2.21. The number of nitrogens with one attached hydrogen (secondary N) is 1. The van der Waals surface area contributed by atoms with Crippen LogP contribution in [0.5, 0.6) is 0 Å². The maximum Gasteiger partial charge on any atom is 0.274 e. The van der Waals surface area contributed by atoms with E-state index < -0.39 is 5.91 Å². The summed E-state index contributed by atoms with van der Waals surface area (Å²) in [4.78, 5) is 25.6. The van der Waals surface area contributed by atoms with Crippen LogP contribution in [0.25, 0.3) is 6.08 Å². The van der Waals surface area contributed by atoms with E-state index in [1.165, 1.54) is 0 Å². The number of hydrogen-bond donors (Lipinski definition) is 2. The van der Waals surface area contributed by atoms with Crippen LogP contribution in [0.2, 0.25) is 0 Å². The van der Waals surface area contributed by atoms with Gasteiger partial charge in [0, 0.05) is 24.7 Å². The fourth-order valence-corrected chi connectivity index (χ4v) is 2.79. The maximum absolute atomic E-state index is 12.4. The van der Waals surface area contributed by atoms with Crippen LogP contribution in [0.4, 0.5) is 0 Å². The molecule has 0 saturated carbocycles. The summed E-state index contributed by atoms with van der Waals surface area (Å²) in [7, 11) is 0. The molecule has 1 heterocycles. The monoisotopic (exact) mass is 322 g/mol. The molecule has 0 unspecified atom stereocenters. The van der Waals surface area contributed by atoms with E-state index in [1.54, 1.807) is 34.7 Å². The lowest BCUT2D eigenvalue weighted by Gasteiger charge is -2.28. The first-order valence-corrected chi connectivity index (χ1v) is 7.75. The number of amides is 2. The van der Waals surface area contributed by atoms with Crippen molar-refractivity contribution in [3.8, 4) is 0 Å². The second-order valence-corrected chi connectivity index (χ2v) is 5.68. The van der Waals surface area contributed by atoms with Crippen LogP contribution in [-0.2, 0) is 17.8 Å². The second kappa shape index (κ2) is 7.10. The third-order valence-corrected chi connectivity index (χ3v) is 4.11. The molecule has 3 rings (SSSR count). The highest BCUT2D eigenvalue weighted by molar-refractivity contribution is 5.94. The van der Waals surface area contributed by atoms with Crippen molar-refractivity contribution in [2.75, 3.05) is 6.54 Å². The Balaban J connectivity index is 1.73. The van der Waals surface area contributed by atoms with Gasteiger partial charge in [0.1, 0.15) is 0 Å². The Kier molecular flexibility index (Phi) is 4.72. The van der Waals surface area contributed by atoms with Gasteiger partial charge in [-0.05, 0) is 41.3 Å². The molecule has 2 amide bonds. The van der Waals surface area contributed by atoms with Gasteiger partial charge >= 0.3 is 0 Å². The van der Waals surface area contributed by atoms with Crippen molar-refractivity contribution in [3.05, 3.63) is 76.9 Å². The number of nitrogens with zero attached hydrogens (tertiary/aromatic N) is 1. The fourth-order valence-electron chi connectivity index (χ4n) is 2.79. The third kappa shape index (κ3) is 3.52. The van der Waals surface area contributed by atoms with E-state index >= 15 is 0 Å². The highest BCUT2D eigenvalue weighted by atomic mass is 16.5. The molecule has 0 saturated heterocycles. The number of fused-ring (bicyclic) bond motifs is 1. The molecular weight excluding hydrogens is 304 g/mol. The van der Waals surface area contributed by atoms with Crippen LogP contribution >= 0.6 is 0 Å². The Hall–Kier alpha value is -2.92. The summed E-state index contributed by atoms with van der Waals surface area (Å²) in [5.41, 5.74) is 5.05. The molecule has 122 valence electrons. The molecule has 0 aromatic heterocycles. The van der Waals surface area contributed by atoms with Crippen LogP contribution in [-0.4, -0.2) is 28.5 Å². The summed E-state index contributed by atoms with van der Waals surface area (Å²) in [6.07, 6.45) is 4.12. The lowest BCUT2D eigenvalue weighted by Crippen LogP contribution is -2.35. The summed E-state index contributed by atoms with van der Waals surface area (Å²) < 4.78 is 0. The van der Waals surface area contributed by atoms with Crippen molar-refractivity contribution in [2.24, 2.45) is 0 Å². The van der Waals surface area contributed by atoms with Crippen molar-refractivity contribution in [1.82, 2.24) is 10.4 Å². The Morgan fingerprint density at radius 3 is 2.62 bits per heavy atom. The van der Waals surface area contributed by atoms with Crippen molar-refractivity contribution in [3.63, 3.8) is 0 Å². The summed E-state index contributed by atoms with van der Waals surface area (Å²) >= 11 is 0. The summed E-state index contributed by atoms with van der Waals surface area (Å²) in [6, 6.07) is 14.9. The predicted molar refractivity (Wildman–Crippen MR) is 90.3 cm³/mol. The molecule has 5 heteroatoms. The Morgan fingerprint density at radius 2 is 1.88 bits per heavy atom. The zero-order chi connectivity index (χ0) is 16.9. The van der Waals surface area contributed by atoms with E-state index in [0.29, 0.717) is 18.7 Å². The Labute approximate surface area is 140 Å². The van der Waals surface area contributed by atoms with Gasteiger partial charge in [0.05, 0.1) is 0 Å². The number of benzene rings is 2. The summed E-state index contributed by atoms with van der Waals surface area (Å²) in [5.74, 6) is -0.605. The van der Waals surface area contributed by atoms with Gasteiger partial charge in [-0.3, -0.25) is 14.8 Å². The van der Waals surface area contributed by atoms with Gasteiger partial charge < -0.3 is 4.90 Å². The zero-order valence-electron chi connectivity index (χ0n) is 13.1. The Bertz CT molecular complexity index is 784. The van der Waals surface area contributed by atoms with Gasteiger partial charge in [0.2, 0.25) is 5.91 Å². The standard InChI is InChI=1S/C19H18N2O3/c22-18(9-6-14-4-2-1-3-5-14)21-11-10-15-7-8-16(19(23)20-24)12-17(15)13-21/h1-9,12,24H,10-11,13H2,(H,20,23)/b9-6+. The minimum Gasteiger partial charge on any atom is -0.334 e. The fraction of sp³-hybridized carbons (Fsp3) is 0.158. The molecule has 5 nitrogen and oxygen atoms in total. The topological polar surface area (TPSA) is 69.6 Å². The highest BCUT2D eigenvalue weighted by Gasteiger charge is 2.20. The minimum absolute atomic E-state index is 0.0542. The minimum atomic E-state index is -0.551. The molecule has 1 aliphatic rings. The molecule has 0 spiro atoms. The molecular formula is C19H18N2O3. The smallest absolute Gasteiger partial charge is 0.274 e. The lowest BCUT2D eigenvalue weighted by molar-refractivity contribution is -0.126. The van der Waals surface area contributed by atoms with Crippen molar-refractivity contribution < 1.29 is 14.8 Å². The largest absolute Gasteiger partial charge is 0.334 e. The molecule has 2 aromatic rings.